The number of hydrogen-bond donors (Lipinski definition) is 2. The predicted octanol–water partition coefficient (Wildman–Crippen LogP) is 4.29. The van der Waals surface area contributed by atoms with E-state index in [0.29, 0.717) is 5.56 Å². The van der Waals surface area contributed by atoms with Gasteiger partial charge >= 0.3 is 11.9 Å². The lowest BCUT2D eigenvalue weighted by Crippen LogP contribution is -2.36. The summed E-state index contributed by atoms with van der Waals surface area (Å²) >= 11 is 0. The van der Waals surface area contributed by atoms with E-state index in [1.165, 1.54) is 37.0 Å². The standard InChI is InChI=1S/C23H28FNO.C2H2O4/c24-22-12-10-20(11-13-22)23(26)21-14-17-25(18-15-21)16-6-2-5-9-19-7-3-1-4-8-19;3-1(4)2(5)6/h1,3-4,7-8,10-13,21H,2,5-6,9,14-18H2;(H,3,4)(H,5,6). The number of carbonyl (C=O) groups excluding carboxylic acids is 1. The number of likely N-dealkylation sites (tertiary alicyclic amines) is 1. The number of hydrogen-bond acceptors (Lipinski definition) is 4. The second-order valence-electron chi connectivity index (χ2n) is 7.89. The van der Waals surface area contributed by atoms with Gasteiger partial charge in [-0.05, 0) is 81.6 Å². The summed E-state index contributed by atoms with van der Waals surface area (Å²) in [7, 11) is 0. The zero-order valence-corrected chi connectivity index (χ0v) is 18.1. The summed E-state index contributed by atoms with van der Waals surface area (Å²) in [5.74, 6) is -3.67. The van der Waals surface area contributed by atoms with Crippen molar-refractivity contribution in [3.8, 4) is 0 Å². The highest BCUT2D eigenvalue weighted by Crippen LogP contribution is 2.22. The van der Waals surface area contributed by atoms with Crippen LogP contribution in [0.5, 0.6) is 0 Å². The molecule has 0 bridgehead atoms. The predicted molar refractivity (Wildman–Crippen MR) is 119 cm³/mol. The molecule has 172 valence electrons. The van der Waals surface area contributed by atoms with Gasteiger partial charge < -0.3 is 15.1 Å². The molecule has 0 spiro atoms. The van der Waals surface area contributed by atoms with Crippen LogP contribution in [0.25, 0.3) is 0 Å². The summed E-state index contributed by atoms with van der Waals surface area (Å²) in [5, 5.41) is 14.8. The van der Waals surface area contributed by atoms with Crippen LogP contribution in [-0.2, 0) is 16.0 Å². The molecule has 0 aliphatic carbocycles. The van der Waals surface area contributed by atoms with Gasteiger partial charge in [-0.15, -0.1) is 0 Å². The van der Waals surface area contributed by atoms with Gasteiger partial charge in [-0.1, -0.05) is 36.8 Å². The second kappa shape index (κ2) is 13.4. The number of unbranched alkanes of at least 4 members (excludes halogenated alkanes) is 2. The topological polar surface area (TPSA) is 94.9 Å². The Morgan fingerprint density at radius 2 is 1.44 bits per heavy atom. The van der Waals surface area contributed by atoms with Crippen LogP contribution >= 0.6 is 0 Å². The number of ketones is 1. The van der Waals surface area contributed by atoms with Crippen molar-refractivity contribution in [2.24, 2.45) is 5.92 Å². The Kier molecular flexibility index (Phi) is 10.5. The van der Waals surface area contributed by atoms with Crippen LogP contribution in [0, 0.1) is 11.7 Å². The molecule has 1 saturated heterocycles. The minimum Gasteiger partial charge on any atom is -0.473 e. The molecule has 2 N–H and O–H groups in total. The van der Waals surface area contributed by atoms with Crippen molar-refractivity contribution in [3.63, 3.8) is 0 Å². The Balaban J connectivity index is 0.000000534. The molecule has 32 heavy (non-hydrogen) atoms. The Hall–Kier alpha value is -3.06. The Morgan fingerprint density at radius 3 is 2.00 bits per heavy atom. The van der Waals surface area contributed by atoms with Gasteiger partial charge in [0.15, 0.2) is 5.78 Å². The first kappa shape index (κ1) is 25.2. The van der Waals surface area contributed by atoms with Crippen LogP contribution in [0.2, 0.25) is 0 Å². The first-order valence-electron chi connectivity index (χ1n) is 10.9. The number of piperidine rings is 1. The lowest BCUT2D eigenvalue weighted by molar-refractivity contribution is -0.159. The highest BCUT2D eigenvalue weighted by Gasteiger charge is 2.25. The molecule has 1 heterocycles. The molecule has 0 radical (unpaired) electrons. The Labute approximate surface area is 187 Å². The molecule has 1 aliphatic heterocycles. The van der Waals surface area contributed by atoms with E-state index in [4.69, 9.17) is 19.8 Å². The van der Waals surface area contributed by atoms with Gasteiger partial charge in [-0.3, -0.25) is 4.79 Å². The van der Waals surface area contributed by atoms with E-state index in [-0.39, 0.29) is 17.5 Å². The van der Waals surface area contributed by atoms with Crippen molar-refractivity contribution in [2.75, 3.05) is 19.6 Å². The van der Waals surface area contributed by atoms with E-state index >= 15 is 0 Å². The second-order valence-corrected chi connectivity index (χ2v) is 7.89. The molecule has 0 unspecified atom stereocenters. The normalized spacial score (nSPS) is 14.3. The smallest absolute Gasteiger partial charge is 0.414 e. The van der Waals surface area contributed by atoms with Crippen LogP contribution in [0.1, 0.15) is 48.0 Å². The van der Waals surface area contributed by atoms with E-state index in [0.717, 1.165) is 38.9 Å². The molecule has 7 heteroatoms. The van der Waals surface area contributed by atoms with Crippen molar-refractivity contribution in [2.45, 2.75) is 38.5 Å². The van der Waals surface area contributed by atoms with Crippen molar-refractivity contribution in [3.05, 3.63) is 71.5 Å². The minimum absolute atomic E-state index is 0.0924. The lowest BCUT2D eigenvalue weighted by Gasteiger charge is -2.31. The first-order chi connectivity index (χ1) is 15.4. The average Bonchev–Trinajstić information content (AvgIpc) is 2.80. The summed E-state index contributed by atoms with van der Waals surface area (Å²) < 4.78 is 13.0. The summed E-state index contributed by atoms with van der Waals surface area (Å²) in [6, 6.07) is 16.6. The van der Waals surface area contributed by atoms with Crippen LogP contribution < -0.4 is 0 Å². The van der Waals surface area contributed by atoms with E-state index in [9.17, 15) is 9.18 Å². The maximum atomic E-state index is 13.0. The number of aryl methyl sites for hydroxylation is 1. The molecular formula is C25H30FNO5. The van der Waals surface area contributed by atoms with Crippen molar-refractivity contribution < 1.29 is 29.0 Å². The first-order valence-corrected chi connectivity index (χ1v) is 10.9. The third-order valence-corrected chi connectivity index (χ3v) is 5.55. The van der Waals surface area contributed by atoms with Gasteiger partial charge in [0.25, 0.3) is 0 Å². The van der Waals surface area contributed by atoms with Crippen molar-refractivity contribution in [1.82, 2.24) is 4.90 Å². The van der Waals surface area contributed by atoms with Gasteiger partial charge in [0.05, 0.1) is 0 Å². The largest absolute Gasteiger partial charge is 0.473 e. The Morgan fingerprint density at radius 1 is 0.844 bits per heavy atom. The maximum absolute atomic E-state index is 13.0. The van der Waals surface area contributed by atoms with Gasteiger partial charge in [0.2, 0.25) is 0 Å². The molecule has 0 atom stereocenters. The quantitative estimate of drug-likeness (QED) is 0.359. The molecule has 0 saturated carbocycles. The highest BCUT2D eigenvalue weighted by molar-refractivity contribution is 6.27. The average molecular weight is 444 g/mol. The van der Waals surface area contributed by atoms with Crippen LogP contribution in [0.15, 0.2) is 54.6 Å². The fourth-order valence-electron chi connectivity index (χ4n) is 3.75. The fourth-order valence-corrected chi connectivity index (χ4v) is 3.75. The molecule has 1 fully saturated rings. The SMILES string of the molecule is O=C(O)C(=O)O.O=C(c1ccc(F)cc1)C1CCN(CCCCCc2ccccc2)CC1. The molecule has 6 nitrogen and oxygen atoms in total. The zero-order valence-electron chi connectivity index (χ0n) is 18.1. The van der Waals surface area contributed by atoms with Crippen LogP contribution in [-0.4, -0.2) is 52.5 Å². The van der Waals surface area contributed by atoms with Gasteiger partial charge in [-0.25, -0.2) is 14.0 Å². The summed E-state index contributed by atoms with van der Waals surface area (Å²) in [4.78, 5) is 33.2. The van der Waals surface area contributed by atoms with Gasteiger partial charge in [0.1, 0.15) is 5.82 Å². The summed E-state index contributed by atoms with van der Waals surface area (Å²) in [6.07, 6.45) is 6.71. The molecule has 0 amide bonds. The zero-order chi connectivity index (χ0) is 23.3. The van der Waals surface area contributed by atoms with Crippen molar-refractivity contribution in [1.29, 1.82) is 0 Å². The molecule has 2 aromatic rings. The third-order valence-electron chi connectivity index (χ3n) is 5.55. The maximum Gasteiger partial charge on any atom is 0.414 e. The molecule has 0 aromatic heterocycles. The number of carboxylic acid groups (broad SMARTS) is 2. The molecule has 3 rings (SSSR count). The minimum atomic E-state index is -1.82. The number of carbonyl (C=O) groups is 3. The van der Waals surface area contributed by atoms with Crippen molar-refractivity contribution >= 4 is 17.7 Å². The number of benzene rings is 2. The number of halogens is 1. The fraction of sp³-hybridized carbons (Fsp3) is 0.400. The number of Topliss-reactive ketones (excluding diaryl/α,β-unsaturated/α-hetero) is 1. The van der Waals surface area contributed by atoms with Gasteiger partial charge in [-0.2, -0.15) is 0 Å². The van der Waals surface area contributed by atoms with Gasteiger partial charge in [0, 0.05) is 11.5 Å². The van der Waals surface area contributed by atoms with E-state index in [1.54, 1.807) is 12.1 Å². The molecular weight excluding hydrogens is 413 g/mol. The summed E-state index contributed by atoms with van der Waals surface area (Å²) in [6.45, 7) is 3.12. The number of carboxylic acids is 2. The van der Waals surface area contributed by atoms with Crippen LogP contribution in [0.3, 0.4) is 0 Å². The number of nitrogens with zero attached hydrogens (tertiary/aromatic N) is 1. The number of rotatable bonds is 8. The molecule has 1 aliphatic rings. The van der Waals surface area contributed by atoms with E-state index < -0.39 is 11.9 Å². The van der Waals surface area contributed by atoms with E-state index in [1.807, 2.05) is 0 Å². The molecule has 2 aromatic carbocycles. The van der Waals surface area contributed by atoms with E-state index in [2.05, 4.69) is 35.2 Å². The highest BCUT2D eigenvalue weighted by atomic mass is 19.1. The Bertz CT molecular complexity index is 850. The lowest BCUT2D eigenvalue weighted by atomic mass is 9.89. The third kappa shape index (κ3) is 8.98. The summed E-state index contributed by atoms with van der Waals surface area (Å²) in [5.41, 5.74) is 2.07. The van der Waals surface area contributed by atoms with Crippen LogP contribution in [0.4, 0.5) is 4.39 Å². The monoisotopic (exact) mass is 443 g/mol. The number of aliphatic carboxylic acids is 2.